The van der Waals surface area contributed by atoms with E-state index in [0.29, 0.717) is 42.3 Å². The highest BCUT2D eigenvalue weighted by molar-refractivity contribution is 6.08. The van der Waals surface area contributed by atoms with E-state index in [4.69, 9.17) is 9.47 Å². The standard InChI is InChI=1S/C19H18N2O4/c1-11(22)20-13-2-4-14(5-3-13)21-19(23)17-15-7-9-24-16(15)10-12-6-8-25-18(12)17/h2-5,10H,6-9H2,1H3,(H,20,22)(H,21,23). The number of ether oxygens (including phenoxy) is 2. The van der Waals surface area contributed by atoms with Crippen LogP contribution in [-0.2, 0) is 17.6 Å². The van der Waals surface area contributed by atoms with E-state index in [9.17, 15) is 9.59 Å². The lowest BCUT2D eigenvalue weighted by atomic mass is 9.99. The molecule has 6 heteroatoms. The van der Waals surface area contributed by atoms with Gasteiger partial charge in [0.15, 0.2) is 0 Å². The fraction of sp³-hybridized carbons (Fsp3) is 0.263. The molecule has 2 amide bonds. The van der Waals surface area contributed by atoms with Crippen LogP contribution < -0.4 is 20.1 Å². The second kappa shape index (κ2) is 6.12. The van der Waals surface area contributed by atoms with Crippen LogP contribution in [0.5, 0.6) is 11.5 Å². The van der Waals surface area contributed by atoms with Crippen molar-refractivity contribution in [3.05, 3.63) is 47.0 Å². The van der Waals surface area contributed by atoms with E-state index in [1.165, 1.54) is 6.92 Å². The smallest absolute Gasteiger partial charge is 0.259 e. The lowest BCUT2D eigenvalue weighted by Crippen LogP contribution is -2.15. The summed E-state index contributed by atoms with van der Waals surface area (Å²) in [6, 6.07) is 8.99. The number of amides is 2. The summed E-state index contributed by atoms with van der Waals surface area (Å²) in [6.45, 7) is 2.63. The summed E-state index contributed by atoms with van der Waals surface area (Å²) in [7, 11) is 0. The van der Waals surface area contributed by atoms with Gasteiger partial charge < -0.3 is 20.1 Å². The van der Waals surface area contributed by atoms with Crippen molar-refractivity contribution in [1.82, 2.24) is 0 Å². The van der Waals surface area contributed by atoms with Gasteiger partial charge in [-0.3, -0.25) is 9.59 Å². The van der Waals surface area contributed by atoms with E-state index in [0.717, 1.165) is 23.3 Å². The second-order valence-electron chi connectivity index (χ2n) is 6.13. The Bertz CT molecular complexity index is 826. The highest BCUT2D eigenvalue weighted by atomic mass is 16.5. The Morgan fingerprint density at radius 1 is 0.960 bits per heavy atom. The van der Waals surface area contributed by atoms with Gasteiger partial charge in [-0.2, -0.15) is 0 Å². The van der Waals surface area contributed by atoms with Crippen LogP contribution in [0.3, 0.4) is 0 Å². The molecule has 25 heavy (non-hydrogen) atoms. The molecule has 0 atom stereocenters. The fourth-order valence-corrected chi connectivity index (χ4v) is 3.26. The molecule has 2 aliphatic rings. The molecular weight excluding hydrogens is 320 g/mol. The summed E-state index contributed by atoms with van der Waals surface area (Å²) in [6.07, 6.45) is 1.49. The molecule has 0 saturated carbocycles. The van der Waals surface area contributed by atoms with Crippen LogP contribution in [0.1, 0.15) is 28.4 Å². The van der Waals surface area contributed by atoms with Gasteiger partial charge in [-0.05, 0) is 30.3 Å². The Hall–Kier alpha value is -3.02. The summed E-state index contributed by atoms with van der Waals surface area (Å²) in [5.41, 5.74) is 3.85. The van der Waals surface area contributed by atoms with E-state index in [1.807, 2.05) is 6.07 Å². The molecule has 0 fully saturated rings. The number of hydrogen-bond acceptors (Lipinski definition) is 4. The van der Waals surface area contributed by atoms with Gasteiger partial charge in [0.25, 0.3) is 5.91 Å². The van der Waals surface area contributed by atoms with Crippen LogP contribution >= 0.6 is 0 Å². The molecular formula is C19H18N2O4. The van der Waals surface area contributed by atoms with Crippen LogP contribution in [0.15, 0.2) is 30.3 Å². The Morgan fingerprint density at radius 3 is 2.36 bits per heavy atom. The fourth-order valence-electron chi connectivity index (χ4n) is 3.26. The molecule has 0 radical (unpaired) electrons. The lowest BCUT2D eigenvalue weighted by Gasteiger charge is -2.13. The van der Waals surface area contributed by atoms with E-state index in [-0.39, 0.29) is 11.8 Å². The van der Waals surface area contributed by atoms with Crippen LogP contribution in [0.4, 0.5) is 11.4 Å². The number of rotatable bonds is 3. The average molecular weight is 338 g/mol. The minimum Gasteiger partial charge on any atom is -0.493 e. The first-order chi connectivity index (χ1) is 12.1. The van der Waals surface area contributed by atoms with Crippen molar-refractivity contribution in [3.8, 4) is 11.5 Å². The summed E-state index contributed by atoms with van der Waals surface area (Å²) >= 11 is 0. The lowest BCUT2D eigenvalue weighted by molar-refractivity contribution is -0.114. The molecule has 0 spiro atoms. The van der Waals surface area contributed by atoms with E-state index >= 15 is 0 Å². The molecule has 2 aliphatic heterocycles. The minimum atomic E-state index is -0.201. The first-order valence-corrected chi connectivity index (χ1v) is 8.25. The SMILES string of the molecule is CC(=O)Nc1ccc(NC(=O)c2c3c(cc4c2OCC4)OCC3)cc1. The predicted molar refractivity (Wildman–Crippen MR) is 93.5 cm³/mol. The highest BCUT2D eigenvalue weighted by Gasteiger charge is 2.30. The van der Waals surface area contributed by atoms with Crippen molar-refractivity contribution in [2.45, 2.75) is 19.8 Å². The second-order valence-corrected chi connectivity index (χ2v) is 6.13. The third-order valence-corrected chi connectivity index (χ3v) is 4.34. The van der Waals surface area contributed by atoms with Crippen molar-refractivity contribution < 1.29 is 19.1 Å². The molecule has 2 N–H and O–H groups in total. The van der Waals surface area contributed by atoms with Gasteiger partial charge >= 0.3 is 0 Å². The third kappa shape index (κ3) is 2.91. The third-order valence-electron chi connectivity index (χ3n) is 4.34. The Kier molecular flexibility index (Phi) is 3.80. The van der Waals surface area contributed by atoms with Gasteiger partial charge in [-0.1, -0.05) is 0 Å². The molecule has 0 unspecified atom stereocenters. The zero-order valence-electron chi connectivity index (χ0n) is 13.8. The van der Waals surface area contributed by atoms with Gasteiger partial charge in [-0.25, -0.2) is 0 Å². The van der Waals surface area contributed by atoms with Crippen LogP contribution in [0, 0.1) is 0 Å². The van der Waals surface area contributed by atoms with Crippen LogP contribution in [0.2, 0.25) is 0 Å². The minimum absolute atomic E-state index is 0.135. The van der Waals surface area contributed by atoms with Crippen LogP contribution in [0.25, 0.3) is 0 Å². The molecule has 128 valence electrons. The normalized spacial score (nSPS) is 14.1. The highest BCUT2D eigenvalue weighted by Crippen LogP contribution is 2.40. The van der Waals surface area contributed by atoms with Gasteiger partial charge in [0.05, 0.1) is 18.8 Å². The average Bonchev–Trinajstić information content (AvgIpc) is 3.22. The summed E-state index contributed by atoms with van der Waals surface area (Å²) in [4.78, 5) is 24.0. The topological polar surface area (TPSA) is 76.7 Å². The molecule has 2 heterocycles. The van der Waals surface area contributed by atoms with E-state index in [2.05, 4.69) is 10.6 Å². The number of fused-ring (bicyclic) bond motifs is 2. The summed E-state index contributed by atoms with van der Waals surface area (Å²) in [5, 5.41) is 5.61. The van der Waals surface area contributed by atoms with Crippen molar-refractivity contribution in [3.63, 3.8) is 0 Å². The molecule has 4 rings (SSSR count). The Morgan fingerprint density at radius 2 is 1.64 bits per heavy atom. The van der Waals surface area contributed by atoms with Crippen molar-refractivity contribution in [1.29, 1.82) is 0 Å². The first kappa shape index (κ1) is 15.5. The van der Waals surface area contributed by atoms with E-state index in [1.54, 1.807) is 24.3 Å². The Labute approximate surface area is 145 Å². The summed E-state index contributed by atoms with van der Waals surface area (Å²) < 4.78 is 11.4. The number of carbonyl (C=O) groups excluding carboxylic acids is 2. The maximum Gasteiger partial charge on any atom is 0.259 e. The van der Waals surface area contributed by atoms with Gasteiger partial charge in [0.2, 0.25) is 5.91 Å². The molecule has 0 saturated heterocycles. The van der Waals surface area contributed by atoms with Crippen molar-refractivity contribution in [2.24, 2.45) is 0 Å². The maximum absolute atomic E-state index is 12.9. The van der Waals surface area contributed by atoms with Gasteiger partial charge in [0, 0.05) is 42.3 Å². The zero-order valence-corrected chi connectivity index (χ0v) is 13.8. The predicted octanol–water partition coefficient (Wildman–Crippen LogP) is 2.77. The number of nitrogens with one attached hydrogen (secondary N) is 2. The molecule has 0 bridgehead atoms. The zero-order chi connectivity index (χ0) is 17.4. The molecule has 0 aromatic heterocycles. The molecule has 6 nitrogen and oxygen atoms in total. The number of carbonyl (C=O) groups is 2. The largest absolute Gasteiger partial charge is 0.493 e. The summed E-state index contributed by atoms with van der Waals surface area (Å²) in [5.74, 6) is 1.13. The first-order valence-electron chi connectivity index (χ1n) is 8.25. The quantitative estimate of drug-likeness (QED) is 0.902. The van der Waals surface area contributed by atoms with Crippen LogP contribution in [-0.4, -0.2) is 25.0 Å². The molecule has 2 aromatic carbocycles. The Balaban J connectivity index is 1.61. The van der Waals surface area contributed by atoms with Crippen molar-refractivity contribution >= 4 is 23.2 Å². The van der Waals surface area contributed by atoms with Crippen molar-refractivity contribution in [2.75, 3.05) is 23.8 Å². The number of benzene rings is 2. The van der Waals surface area contributed by atoms with Gasteiger partial charge in [0.1, 0.15) is 11.5 Å². The van der Waals surface area contributed by atoms with E-state index < -0.39 is 0 Å². The van der Waals surface area contributed by atoms with Gasteiger partial charge in [-0.15, -0.1) is 0 Å². The molecule has 2 aromatic rings. The molecule has 0 aliphatic carbocycles. The maximum atomic E-state index is 12.9. The monoisotopic (exact) mass is 338 g/mol. The number of anilines is 2. The number of hydrogen-bond donors (Lipinski definition) is 2.